The van der Waals surface area contributed by atoms with Crippen molar-refractivity contribution in [1.82, 2.24) is 10.2 Å². The van der Waals surface area contributed by atoms with Crippen LogP contribution in [0.5, 0.6) is 0 Å². The van der Waals surface area contributed by atoms with Crippen LogP contribution >= 0.6 is 11.3 Å². The number of nitrogens with one attached hydrogen (secondary N) is 1. The van der Waals surface area contributed by atoms with Gasteiger partial charge in [-0.2, -0.15) is 0 Å². The number of carbonyl (C=O) groups is 2. The van der Waals surface area contributed by atoms with E-state index in [-0.39, 0.29) is 17.7 Å². The molecule has 0 aliphatic carbocycles. The van der Waals surface area contributed by atoms with Gasteiger partial charge in [-0.3, -0.25) is 14.9 Å². The Labute approximate surface area is 154 Å². The van der Waals surface area contributed by atoms with E-state index in [4.69, 9.17) is 0 Å². The number of nitrogens with zero attached hydrogens (tertiary/aromatic N) is 3. The predicted molar refractivity (Wildman–Crippen MR) is 100 cm³/mol. The van der Waals surface area contributed by atoms with Gasteiger partial charge in [-0.05, 0) is 24.3 Å². The van der Waals surface area contributed by atoms with E-state index in [1.54, 1.807) is 17.0 Å². The van der Waals surface area contributed by atoms with E-state index in [1.165, 1.54) is 11.3 Å². The zero-order chi connectivity index (χ0) is 17.9. The average Bonchev–Trinajstić information content (AvgIpc) is 3.30. The van der Waals surface area contributed by atoms with Crippen LogP contribution in [-0.4, -0.2) is 28.6 Å². The highest BCUT2D eigenvalue weighted by molar-refractivity contribution is 7.15. The smallest absolute Gasteiger partial charge is 0.257 e. The van der Waals surface area contributed by atoms with Crippen LogP contribution in [-0.2, 0) is 4.79 Å². The van der Waals surface area contributed by atoms with E-state index in [2.05, 4.69) is 15.5 Å². The van der Waals surface area contributed by atoms with E-state index in [9.17, 15) is 9.59 Å². The van der Waals surface area contributed by atoms with Crippen LogP contribution in [0.25, 0.3) is 0 Å². The molecule has 1 aliphatic rings. The first-order valence-corrected chi connectivity index (χ1v) is 9.07. The Morgan fingerprint density at radius 1 is 1.04 bits per heavy atom. The third-order valence-electron chi connectivity index (χ3n) is 4.24. The van der Waals surface area contributed by atoms with Gasteiger partial charge < -0.3 is 4.90 Å². The van der Waals surface area contributed by atoms with E-state index in [0.29, 0.717) is 23.7 Å². The second kappa shape index (κ2) is 7.05. The summed E-state index contributed by atoms with van der Waals surface area (Å²) in [5, 5.41) is 12.2. The van der Waals surface area contributed by atoms with Gasteiger partial charge >= 0.3 is 0 Å². The van der Waals surface area contributed by atoms with Crippen molar-refractivity contribution in [1.29, 1.82) is 0 Å². The molecule has 3 aromatic rings. The Morgan fingerprint density at radius 3 is 2.46 bits per heavy atom. The fourth-order valence-electron chi connectivity index (χ4n) is 2.94. The van der Waals surface area contributed by atoms with Crippen molar-refractivity contribution >= 4 is 34.0 Å². The quantitative estimate of drug-likeness (QED) is 0.771. The van der Waals surface area contributed by atoms with E-state index in [1.807, 2.05) is 48.5 Å². The lowest BCUT2D eigenvalue weighted by atomic mass is 10.1. The van der Waals surface area contributed by atoms with Crippen molar-refractivity contribution in [2.45, 2.75) is 12.3 Å². The maximum absolute atomic E-state index is 12.3. The molecule has 26 heavy (non-hydrogen) atoms. The molecule has 4 rings (SSSR count). The maximum Gasteiger partial charge on any atom is 0.257 e. The number of aromatic nitrogens is 2. The Balaban J connectivity index is 1.45. The second-order valence-electron chi connectivity index (χ2n) is 6.01. The SMILES string of the molecule is O=C(Nc1nnc([C@@H]2CC(=O)N(c3ccccc3)C2)s1)c1ccccc1. The Hall–Kier alpha value is -3.06. The minimum absolute atomic E-state index is 0.0115. The van der Waals surface area contributed by atoms with Crippen molar-refractivity contribution in [2.75, 3.05) is 16.8 Å². The number of amides is 2. The monoisotopic (exact) mass is 364 g/mol. The van der Waals surface area contributed by atoms with Gasteiger partial charge in [-0.1, -0.05) is 47.7 Å². The summed E-state index contributed by atoms with van der Waals surface area (Å²) in [7, 11) is 0. The first kappa shape index (κ1) is 16.4. The number of hydrogen-bond acceptors (Lipinski definition) is 5. The van der Waals surface area contributed by atoms with Crippen LogP contribution in [0.15, 0.2) is 60.7 Å². The normalized spacial score (nSPS) is 16.7. The highest BCUT2D eigenvalue weighted by Gasteiger charge is 2.33. The number of anilines is 2. The zero-order valence-electron chi connectivity index (χ0n) is 13.8. The Morgan fingerprint density at radius 2 is 1.73 bits per heavy atom. The largest absolute Gasteiger partial charge is 0.312 e. The van der Waals surface area contributed by atoms with Gasteiger partial charge in [0.05, 0.1) is 0 Å². The van der Waals surface area contributed by atoms with Crippen LogP contribution in [0.2, 0.25) is 0 Å². The van der Waals surface area contributed by atoms with Crippen LogP contribution in [0.3, 0.4) is 0 Å². The Bertz CT molecular complexity index is 927. The fraction of sp³-hybridized carbons (Fsp3) is 0.158. The van der Waals surface area contributed by atoms with Gasteiger partial charge in [0.25, 0.3) is 5.91 Å². The molecule has 7 heteroatoms. The molecule has 1 aromatic heterocycles. The molecule has 6 nitrogen and oxygen atoms in total. The molecule has 1 N–H and O–H groups in total. The van der Waals surface area contributed by atoms with E-state index in [0.717, 1.165) is 10.7 Å². The van der Waals surface area contributed by atoms with Gasteiger partial charge in [0.1, 0.15) is 5.01 Å². The van der Waals surface area contributed by atoms with Gasteiger partial charge in [0.15, 0.2) is 0 Å². The lowest BCUT2D eigenvalue weighted by Gasteiger charge is -2.15. The molecular weight excluding hydrogens is 348 g/mol. The minimum Gasteiger partial charge on any atom is -0.312 e. The third kappa shape index (κ3) is 3.34. The average molecular weight is 364 g/mol. The van der Waals surface area contributed by atoms with Gasteiger partial charge in [-0.15, -0.1) is 10.2 Å². The molecule has 2 aromatic carbocycles. The molecule has 2 heterocycles. The number of carbonyl (C=O) groups excluding carboxylic acids is 2. The van der Waals surface area contributed by atoms with Crippen LogP contribution in [0.4, 0.5) is 10.8 Å². The van der Waals surface area contributed by atoms with Crippen molar-refractivity contribution in [2.24, 2.45) is 0 Å². The molecule has 0 radical (unpaired) electrons. The number of hydrogen-bond donors (Lipinski definition) is 1. The molecular formula is C19H16N4O2S. The van der Waals surface area contributed by atoms with Crippen molar-refractivity contribution in [3.63, 3.8) is 0 Å². The van der Waals surface area contributed by atoms with Crippen LogP contribution < -0.4 is 10.2 Å². The molecule has 0 spiro atoms. The van der Waals surface area contributed by atoms with Gasteiger partial charge in [0, 0.05) is 30.1 Å². The second-order valence-corrected chi connectivity index (χ2v) is 7.02. The molecule has 1 fully saturated rings. The highest BCUT2D eigenvalue weighted by Crippen LogP contribution is 2.34. The summed E-state index contributed by atoms with van der Waals surface area (Å²) in [6, 6.07) is 18.6. The maximum atomic E-state index is 12.3. The number of para-hydroxylation sites is 1. The first-order valence-electron chi connectivity index (χ1n) is 8.26. The molecule has 1 aliphatic heterocycles. The zero-order valence-corrected chi connectivity index (χ0v) is 14.6. The lowest BCUT2D eigenvalue weighted by molar-refractivity contribution is -0.117. The van der Waals surface area contributed by atoms with Crippen LogP contribution in [0, 0.1) is 0 Å². The number of benzene rings is 2. The molecule has 1 saturated heterocycles. The Kier molecular flexibility index (Phi) is 4.45. The standard InChI is InChI=1S/C19H16N4O2S/c24-16-11-14(12-23(16)15-9-5-2-6-10-15)18-21-22-19(26-18)20-17(25)13-7-3-1-4-8-13/h1-10,14H,11-12H2,(H,20,22,25)/t14-/m1/s1. The summed E-state index contributed by atoms with van der Waals surface area (Å²) in [6.07, 6.45) is 0.399. The van der Waals surface area contributed by atoms with Crippen molar-refractivity contribution in [3.8, 4) is 0 Å². The molecule has 1 atom stereocenters. The summed E-state index contributed by atoms with van der Waals surface area (Å²) >= 11 is 1.32. The first-order chi connectivity index (χ1) is 12.7. The summed E-state index contributed by atoms with van der Waals surface area (Å²) in [4.78, 5) is 26.3. The van der Waals surface area contributed by atoms with Crippen molar-refractivity contribution in [3.05, 3.63) is 71.2 Å². The predicted octanol–water partition coefficient (Wildman–Crippen LogP) is 3.31. The van der Waals surface area contributed by atoms with E-state index >= 15 is 0 Å². The molecule has 0 saturated carbocycles. The molecule has 130 valence electrons. The molecule has 0 bridgehead atoms. The van der Waals surface area contributed by atoms with Crippen LogP contribution in [0.1, 0.15) is 27.7 Å². The summed E-state index contributed by atoms with van der Waals surface area (Å²) in [5.41, 5.74) is 1.46. The topological polar surface area (TPSA) is 75.2 Å². The molecule has 0 unspecified atom stereocenters. The highest BCUT2D eigenvalue weighted by atomic mass is 32.1. The summed E-state index contributed by atoms with van der Waals surface area (Å²) in [6.45, 7) is 0.574. The summed E-state index contributed by atoms with van der Waals surface area (Å²) < 4.78 is 0. The number of rotatable bonds is 4. The van der Waals surface area contributed by atoms with E-state index < -0.39 is 0 Å². The molecule has 2 amide bonds. The van der Waals surface area contributed by atoms with Gasteiger partial charge in [-0.25, -0.2) is 0 Å². The summed E-state index contributed by atoms with van der Waals surface area (Å²) in [5.74, 6) is -0.157. The minimum atomic E-state index is -0.221. The third-order valence-corrected chi connectivity index (χ3v) is 5.24. The van der Waals surface area contributed by atoms with Gasteiger partial charge in [0.2, 0.25) is 11.0 Å². The lowest BCUT2D eigenvalue weighted by Crippen LogP contribution is -2.24. The van der Waals surface area contributed by atoms with Crippen molar-refractivity contribution < 1.29 is 9.59 Å². The fourth-order valence-corrected chi connectivity index (χ4v) is 3.77.